The largest absolute Gasteiger partial charge is 0.446 e. The van der Waals surface area contributed by atoms with Gasteiger partial charge in [-0.1, -0.05) is 80.9 Å². The molecule has 0 spiro atoms. The van der Waals surface area contributed by atoms with E-state index in [4.69, 9.17) is 4.74 Å². The van der Waals surface area contributed by atoms with Crippen LogP contribution >= 0.6 is 0 Å². The Morgan fingerprint density at radius 3 is 2.48 bits per heavy atom. The summed E-state index contributed by atoms with van der Waals surface area (Å²) in [4.78, 5) is 26.8. The Kier molecular flexibility index (Phi) is 5.36. The van der Waals surface area contributed by atoms with Gasteiger partial charge in [0.15, 0.2) is 0 Å². The van der Waals surface area contributed by atoms with E-state index in [2.05, 4.69) is 32.9 Å². The lowest BCUT2D eigenvalue weighted by molar-refractivity contribution is -0.130. The number of benzene rings is 2. The van der Waals surface area contributed by atoms with Crippen LogP contribution in [0.2, 0.25) is 0 Å². The van der Waals surface area contributed by atoms with Crippen molar-refractivity contribution < 1.29 is 14.3 Å². The number of aryl methyl sites for hydroxylation is 1. The molecule has 1 heterocycles. The summed E-state index contributed by atoms with van der Waals surface area (Å²) < 4.78 is 5.21. The fraction of sp³-hybridized carbons (Fsp3) is 0.391. The first-order valence-electron chi connectivity index (χ1n) is 9.37. The second-order valence-electron chi connectivity index (χ2n) is 8.30. The fourth-order valence-electron chi connectivity index (χ4n) is 3.70. The van der Waals surface area contributed by atoms with Crippen LogP contribution in [0.15, 0.2) is 54.6 Å². The van der Waals surface area contributed by atoms with Crippen LogP contribution in [0.1, 0.15) is 55.8 Å². The zero-order valence-corrected chi connectivity index (χ0v) is 16.4. The molecule has 27 heavy (non-hydrogen) atoms. The van der Waals surface area contributed by atoms with Gasteiger partial charge < -0.3 is 4.74 Å². The van der Waals surface area contributed by atoms with Crippen molar-refractivity contribution in [3.05, 3.63) is 71.3 Å². The van der Waals surface area contributed by atoms with Gasteiger partial charge in [0.2, 0.25) is 5.91 Å². The highest BCUT2D eigenvalue weighted by atomic mass is 16.6. The lowest BCUT2D eigenvalue weighted by atomic mass is 9.74. The maximum absolute atomic E-state index is 13.2. The maximum Gasteiger partial charge on any atom is 0.417 e. The number of nitrogens with zero attached hydrogens (tertiary/aromatic N) is 1. The molecule has 1 fully saturated rings. The van der Waals surface area contributed by atoms with Crippen molar-refractivity contribution in [2.45, 2.75) is 46.1 Å². The van der Waals surface area contributed by atoms with E-state index in [0.717, 1.165) is 16.7 Å². The number of cyclic esters (lactones) is 1. The molecule has 0 N–H and O–H groups in total. The molecule has 1 aliphatic heterocycles. The summed E-state index contributed by atoms with van der Waals surface area (Å²) in [7, 11) is 0. The molecule has 142 valence electrons. The van der Waals surface area contributed by atoms with Crippen molar-refractivity contribution in [2.75, 3.05) is 6.61 Å². The van der Waals surface area contributed by atoms with Crippen LogP contribution in [-0.2, 0) is 9.53 Å². The minimum Gasteiger partial charge on any atom is -0.446 e. The molecular formula is C23H27NO3. The van der Waals surface area contributed by atoms with E-state index in [-0.39, 0.29) is 36.3 Å². The van der Waals surface area contributed by atoms with E-state index in [1.807, 2.05) is 49.4 Å². The van der Waals surface area contributed by atoms with Crippen molar-refractivity contribution in [2.24, 2.45) is 5.41 Å². The minimum atomic E-state index is -0.550. The van der Waals surface area contributed by atoms with Crippen LogP contribution in [0, 0.1) is 12.3 Å². The molecule has 0 aliphatic carbocycles. The molecule has 2 amide bonds. The van der Waals surface area contributed by atoms with Gasteiger partial charge >= 0.3 is 6.09 Å². The number of carbonyl (C=O) groups is 2. The Hall–Kier alpha value is -2.62. The number of ether oxygens (including phenoxy) is 1. The highest BCUT2D eigenvalue weighted by Gasteiger charge is 2.40. The van der Waals surface area contributed by atoms with Gasteiger partial charge in [-0.3, -0.25) is 4.79 Å². The lowest BCUT2D eigenvalue weighted by Crippen LogP contribution is -2.36. The molecule has 2 atom stereocenters. The van der Waals surface area contributed by atoms with Crippen LogP contribution in [0.4, 0.5) is 4.79 Å². The highest BCUT2D eigenvalue weighted by molar-refractivity contribution is 5.94. The monoisotopic (exact) mass is 365 g/mol. The molecule has 0 unspecified atom stereocenters. The number of hydrogen-bond acceptors (Lipinski definition) is 3. The van der Waals surface area contributed by atoms with Crippen molar-refractivity contribution in [1.82, 2.24) is 4.90 Å². The normalized spacial score (nSPS) is 18.3. The van der Waals surface area contributed by atoms with Crippen molar-refractivity contribution in [3.8, 4) is 0 Å². The minimum absolute atomic E-state index is 0.00900. The Balaban J connectivity index is 1.87. The predicted octanol–water partition coefficient (Wildman–Crippen LogP) is 5.23. The predicted molar refractivity (Wildman–Crippen MR) is 105 cm³/mol. The van der Waals surface area contributed by atoms with Crippen molar-refractivity contribution in [1.29, 1.82) is 0 Å². The Morgan fingerprint density at radius 2 is 1.85 bits per heavy atom. The molecule has 2 aromatic carbocycles. The molecule has 4 heteroatoms. The maximum atomic E-state index is 13.2. The van der Waals surface area contributed by atoms with E-state index in [1.54, 1.807) is 0 Å². The zero-order valence-electron chi connectivity index (χ0n) is 16.4. The highest BCUT2D eigenvalue weighted by Crippen LogP contribution is 2.39. The van der Waals surface area contributed by atoms with Gasteiger partial charge in [0.1, 0.15) is 12.6 Å². The topological polar surface area (TPSA) is 46.6 Å². The quantitative estimate of drug-likeness (QED) is 0.745. The summed E-state index contributed by atoms with van der Waals surface area (Å²) >= 11 is 0. The summed E-state index contributed by atoms with van der Waals surface area (Å²) in [6.07, 6.45) is -0.281. The molecule has 0 bridgehead atoms. The summed E-state index contributed by atoms with van der Waals surface area (Å²) in [5.74, 6) is -0.178. The van der Waals surface area contributed by atoms with Gasteiger partial charge in [0.25, 0.3) is 0 Å². The summed E-state index contributed by atoms with van der Waals surface area (Å²) in [6.45, 7) is 8.65. The summed E-state index contributed by atoms with van der Waals surface area (Å²) in [6, 6.07) is 17.5. The standard InChI is InChI=1S/C23H27NO3/c1-16-9-8-12-18(13-16)19(23(2,3)4)14-21(25)24-20(15-27-22(24)26)17-10-6-5-7-11-17/h5-13,19-20H,14-15H2,1-4H3/t19-,20+/m0/s1. The van der Waals surface area contributed by atoms with Crippen LogP contribution in [0.3, 0.4) is 0 Å². The molecule has 3 rings (SSSR count). The lowest BCUT2D eigenvalue weighted by Gasteiger charge is -2.32. The van der Waals surface area contributed by atoms with Crippen LogP contribution < -0.4 is 0 Å². The average Bonchev–Trinajstić information content (AvgIpc) is 3.01. The first-order chi connectivity index (χ1) is 12.8. The van der Waals surface area contributed by atoms with Crippen LogP contribution in [0.5, 0.6) is 0 Å². The van der Waals surface area contributed by atoms with E-state index in [9.17, 15) is 9.59 Å². The average molecular weight is 365 g/mol. The van der Waals surface area contributed by atoms with Crippen LogP contribution in [-0.4, -0.2) is 23.5 Å². The summed E-state index contributed by atoms with van der Waals surface area (Å²) in [5.41, 5.74) is 3.09. The number of carbonyl (C=O) groups excluding carboxylic acids is 2. The van der Waals surface area contributed by atoms with E-state index >= 15 is 0 Å². The van der Waals surface area contributed by atoms with Crippen molar-refractivity contribution >= 4 is 12.0 Å². The van der Waals surface area contributed by atoms with Gasteiger partial charge in [-0.25, -0.2) is 9.69 Å². The van der Waals surface area contributed by atoms with Gasteiger partial charge in [-0.15, -0.1) is 0 Å². The smallest absolute Gasteiger partial charge is 0.417 e. The van der Waals surface area contributed by atoms with E-state index < -0.39 is 6.09 Å². The first-order valence-corrected chi connectivity index (χ1v) is 9.37. The third-order valence-corrected chi connectivity index (χ3v) is 5.19. The van der Waals surface area contributed by atoms with Crippen LogP contribution in [0.25, 0.3) is 0 Å². The molecule has 1 saturated heterocycles. The molecule has 1 aliphatic rings. The molecule has 0 saturated carbocycles. The molecule has 0 radical (unpaired) electrons. The SMILES string of the molecule is Cc1cccc([C@H](CC(=O)N2C(=O)OC[C@@H]2c2ccccc2)C(C)(C)C)c1. The van der Waals surface area contributed by atoms with E-state index in [0.29, 0.717) is 0 Å². The second-order valence-corrected chi connectivity index (χ2v) is 8.30. The molecule has 2 aromatic rings. The van der Waals surface area contributed by atoms with Crippen molar-refractivity contribution in [3.63, 3.8) is 0 Å². The zero-order chi connectivity index (χ0) is 19.6. The third-order valence-electron chi connectivity index (χ3n) is 5.19. The third kappa shape index (κ3) is 4.21. The first kappa shape index (κ1) is 19.2. The number of amides is 2. The van der Waals surface area contributed by atoms with Gasteiger partial charge in [-0.05, 0) is 29.4 Å². The number of hydrogen-bond donors (Lipinski definition) is 0. The number of imide groups is 1. The van der Waals surface area contributed by atoms with Gasteiger partial charge in [0, 0.05) is 6.42 Å². The molecular weight excluding hydrogens is 338 g/mol. The fourth-order valence-corrected chi connectivity index (χ4v) is 3.70. The second kappa shape index (κ2) is 7.55. The Bertz CT molecular complexity index is 823. The van der Waals surface area contributed by atoms with Gasteiger partial charge in [0.05, 0.1) is 0 Å². The molecule has 4 nitrogen and oxygen atoms in total. The number of rotatable bonds is 4. The Labute approximate surface area is 161 Å². The molecule has 0 aromatic heterocycles. The summed E-state index contributed by atoms with van der Waals surface area (Å²) in [5, 5.41) is 0. The van der Waals surface area contributed by atoms with Gasteiger partial charge in [-0.2, -0.15) is 0 Å². The van der Waals surface area contributed by atoms with E-state index in [1.165, 1.54) is 4.90 Å². The Morgan fingerprint density at radius 1 is 1.15 bits per heavy atom.